The largest absolute Gasteiger partial charge is 0.466 e. The number of piperidine rings is 1. The van der Waals surface area contributed by atoms with E-state index in [0.717, 1.165) is 25.9 Å². The first-order chi connectivity index (χ1) is 14.1. The third kappa shape index (κ3) is 4.31. The number of benzene rings is 2. The fourth-order valence-corrected chi connectivity index (χ4v) is 3.91. The Balaban J connectivity index is 1.51. The van der Waals surface area contributed by atoms with Crippen molar-refractivity contribution in [2.75, 3.05) is 13.1 Å². The highest BCUT2D eigenvalue weighted by atomic mass is 16.5. The van der Waals surface area contributed by atoms with Gasteiger partial charge in [-0.1, -0.05) is 36.4 Å². The molecule has 2 aromatic carbocycles. The van der Waals surface area contributed by atoms with Crippen molar-refractivity contribution in [2.24, 2.45) is 0 Å². The van der Waals surface area contributed by atoms with E-state index in [1.54, 1.807) is 18.2 Å². The standard InChI is InChI=1S/C22H23N3O4/c26-20(24-28)10-8-16-7-9-19-18(13-16)21(27)23-22(29-19)11-4-12-25(15-22)14-17-5-2-1-3-6-17/h1-3,5-10,13,28H,4,11-12,14-15H2,(H,23,27)(H,24,26). The highest BCUT2D eigenvalue weighted by molar-refractivity contribution is 5.99. The number of carbonyl (C=O) groups is 2. The molecule has 1 unspecified atom stereocenters. The van der Waals surface area contributed by atoms with Crippen LogP contribution in [0.25, 0.3) is 6.08 Å². The zero-order chi connectivity index (χ0) is 20.3. The van der Waals surface area contributed by atoms with Crippen LogP contribution in [0.3, 0.4) is 0 Å². The third-order valence-corrected chi connectivity index (χ3v) is 5.22. The fourth-order valence-electron chi connectivity index (χ4n) is 3.91. The second kappa shape index (κ2) is 8.06. The minimum absolute atomic E-state index is 0.185. The minimum atomic E-state index is -0.731. The van der Waals surface area contributed by atoms with Gasteiger partial charge in [-0.05, 0) is 42.3 Å². The van der Waals surface area contributed by atoms with Crippen LogP contribution in [0.15, 0.2) is 54.6 Å². The van der Waals surface area contributed by atoms with E-state index in [4.69, 9.17) is 9.94 Å². The number of hydrogen-bond acceptors (Lipinski definition) is 5. The summed E-state index contributed by atoms with van der Waals surface area (Å²) in [5.74, 6) is -0.281. The molecule has 2 aliphatic heterocycles. The van der Waals surface area contributed by atoms with Gasteiger partial charge in [0.15, 0.2) is 5.72 Å². The summed E-state index contributed by atoms with van der Waals surface area (Å²) in [5, 5.41) is 11.6. The van der Waals surface area contributed by atoms with Crippen LogP contribution in [0.4, 0.5) is 0 Å². The van der Waals surface area contributed by atoms with Crippen molar-refractivity contribution in [3.05, 3.63) is 71.3 Å². The SMILES string of the molecule is O=C(C=Cc1ccc2c(c1)C(=O)NC1(CCCN(Cc3ccccc3)C1)O2)NO. The van der Waals surface area contributed by atoms with Crippen molar-refractivity contribution in [1.82, 2.24) is 15.7 Å². The summed E-state index contributed by atoms with van der Waals surface area (Å²) >= 11 is 0. The molecule has 2 aromatic rings. The lowest BCUT2D eigenvalue weighted by Gasteiger charge is -2.45. The van der Waals surface area contributed by atoms with Crippen LogP contribution in [0.5, 0.6) is 5.75 Å². The maximum absolute atomic E-state index is 12.8. The normalized spacial score (nSPS) is 21.5. The van der Waals surface area contributed by atoms with Crippen molar-refractivity contribution >= 4 is 17.9 Å². The number of hydroxylamine groups is 1. The lowest BCUT2D eigenvalue weighted by molar-refractivity contribution is -0.124. The molecule has 1 atom stereocenters. The minimum Gasteiger partial charge on any atom is -0.466 e. The first-order valence-corrected chi connectivity index (χ1v) is 9.61. The number of likely N-dealkylation sites (tertiary alicyclic amines) is 1. The van der Waals surface area contributed by atoms with Gasteiger partial charge in [0.1, 0.15) is 5.75 Å². The lowest BCUT2D eigenvalue weighted by Crippen LogP contribution is -2.63. The molecule has 0 saturated carbocycles. The number of nitrogens with zero attached hydrogens (tertiary/aromatic N) is 1. The number of nitrogens with one attached hydrogen (secondary N) is 2. The molecular weight excluding hydrogens is 370 g/mol. The molecule has 150 valence electrons. The van der Waals surface area contributed by atoms with Crippen LogP contribution in [0.2, 0.25) is 0 Å². The molecule has 3 N–H and O–H groups in total. The summed E-state index contributed by atoms with van der Waals surface area (Å²) < 4.78 is 6.28. The van der Waals surface area contributed by atoms with Gasteiger partial charge in [0, 0.05) is 19.0 Å². The number of hydrogen-bond donors (Lipinski definition) is 3. The van der Waals surface area contributed by atoms with Gasteiger partial charge in [0.25, 0.3) is 11.8 Å². The Labute approximate surface area is 168 Å². The molecule has 0 bridgehead atoms. The van der Waals surface area contributed by atoms with Crippen LogP contribution < -0.4 is 15.5 Å². The fraction of sp³-hybridized carbons (Fsp3) is 0.273. The van der Waals surface area contributed by atoms with Crippen molar-refractivity contribution in [2.45, 2.75) is 25.1 Å². The molecule has 2 aliphatic rings. The van der Waals surface area contributed by atoms with E-state index in [9.17, 15) is 9.59 Å². The molecule has 0 aliphatic carbocycles. The highest BCUT2D eigenvalue weighted by Crippen LogP contribution is 2.33. The van der Waals surface area contributed by atoms with E-state index in [1.807, 2.05) is 18.2 Å². The van der Waals surface area contributed by atoms with E-state index in [-0.39, 0.29) is 5.91 Å². The van der Waals surface area contributed by atoms with Gasteiger partial charge < -0.3 is 10.1 Å². The summed E-state index contributed by atoms with van der Waals surface area (Å²) in [5.41, 5.74) is 3.13. The van der Waals surface area contributed by atoms with Gasteiger partial charge in [-0.3, -0.25) is 19.7 Å². The average Bonchev–Trinajstić information content (AvgIpc) is 2.73. The van der Waals surface area contributed by atoms with Gasteiger partial charge in [-0.2, -0.15) is 0 Å². The van der Waals surface area contributed by atoms with Crippen LogP contribution in [-0.2, 0) is 11.3 Å². The predicted molar refractivity (Wildman–Crippen MR) is 107 cm³/mol. The van der Waals surface area contributed by atoms with Crippen molar-refractivity contribution < 1.29 is 19.5 Å². The first kappa shape index (κ1) is 19.2. The smallest absolute Gasteiger partial charge is 0.267 e. The number of rotatable bonds is 4. The quantitative estimate of drug-likeness (QED) is 0.421. The molecule has 4 rings (SSSR count). The van der Waals surface area contributed by atoms with Gasteiger partial charge in [-0.15, -0.1) is 0 Å². The highest BCUT2D eigenvalue weighted by Gasteiger charge is 2.43. The predicted octanol–water partition coefficient (Wildman–Crippen LogP) is 2.32. The molecule has 29 heavy (non-hydrogen) atoms. The molecule has 1 saturated heterocycles. The Morgan fingerprint density at radius 2 is 2.10 bits per heavy atom. The van der Waals surface area contributed by atoms with Crippen LogP contribution >= 0.6 is 0 Å². The van der Waals surface area contributed by atoms with E-state index >= 15 is 0 Å². The molecule has 1 spiro atoms. The van der Waals surface area contributed by atoms with Crippen molar-refractivity contribution in [1.29, 1.82) is 0 Å². The summed E-state index contributed by atoms with van der Waals surface area (Å²) in [7, 11) is 0. The monoisotopic (exact) mass is 393 g/mol. The summed E-state index contributed by atoms with van der Waals surface area (Å²) in [6.45, 7) is 2.39. The number of ether oxygens (including phenoxy) is 1. The third-order valence-electron chi connectivity index (χ3n) is 5.22. The summed E-state index contributed by atoms with van der Waals surface area (Å²) in [4.78, 5) is 26.3. The molecule has 0 aromatic heterocycles. The molecule has 0 radical (unpaired) electrons. The molecule has 2 amide bonds. The van der Waals surface area contributed by atoms with E-state index in [2.05, 4.69) is 22.3 Å². The molecular formula is C22H23N3O4. The lowest BCUT2D eigenvalue weighted by atomic mass is 9.97. The van der Waals surface area contributed by atoms with Crippen molar-refractivity contribution in [3.63, 3.8) is 0 Å². The first-order valence-electron chi connectivity index (χ1n) is 9.61. The van der Waals surface area contributed by atoms with Gasteiger partial charge in [-0.25, -0.2) is 5.48 Å². The number of carbonyl (C=O) groups excluding carboxylic acids is 2. The molecule has 1 fully saturated rings. The van der Waals surface area contributed by atoms with Gasteiger partial charge >= 0.3 is 0 Å². The average molecular weight is 393 g/mol. The second-order valence-electron chi connectivity index (χ2n) is 7.42. The molecule has 7 heteroatoms. The van der Waals surface area contributed by atoms with E-state index in [0.29, 0.717) is 23.4 Å². The zero-order valence-corrected chi connectivity index (χ0v) is 15.9. The summed E-state index contributed by atoms with van der Waals surface area (Å²) in [6.07, 6.45) is 4.39. The van der Waals surface area contributed by atoms with Crippen LogP contribution in [0, 0.1) is 0 Å². The Morgan fingerprint density at radius 1 is 1.28 bits per heavy atom. The maximum Gasteiger partial charge on any atom is 0.267 e. The Bertz CT molecular complexity index is 944. The van der Waals surface area contributed by atoms with E-state index in [1.165, 1.54) is 23.2 Å². The van der Waals surface area contributed by atoms with Crippen LogP contribution in [-0.4, -0.2) is 40.7 Å². The summed E-state index contributed by atoms with van der Waals surface area (Å²) in [6, 6.07) is 15.5. The van der Waals surface area contributed by atoms with E-state index < -0.39 is 11.6 Å². The number of amides is 2. The zero-order valence-electron chi connectivity index (χ0n) is 15.9. The van der Waals surface area contributed by atoms with Crippen LogP contribution in [0.1, 0.15) is 34.3 Å². The maximum atomic E-state index is 12.8. The van der Waals surface area contributed by atoms with Gasteiger partial charge in [0.2, 0.25) is 0 Å². The Morgan fingerprint density at radius 3 is 2.90 bits per heavy atom. The van der Waals surface area contributed by atoms with Crippen molar-refractivity contribution in [3.8, 4) is 5.75 Å². The van der Waals surface area contributed by atoms with Gasteiger partial charge in [0.05, 0.1) is 12.1 Å². The Kier molecular flexibility index (Phi) is 5.33. The topological polar surface area (TPSA) is 90.9 Å². The second-order valence-corrected chi connectivity index (χ2v) is 7.42. The molecule has 2 heterocycles. The Hall–Kier alpha value is -3.16. The molecule has 7 nitrogen and oxygen atoms in total. The number of fused-ring (bicyclic) bond motifs is 1.